The highest BCUT2D eigenvalue weighted by molar-refractivity contribution is 8.74. The fourth-order valence-electron chi connectivity index (χ4n) is 0.139. The molecule has 54 valence electrons. The third kappa shape index (κ3) is 5.84. The summed E-state index contributed by atoms with van der Waals surface area (Å²) < 4.78 is 33.3. The maximum absolute atomic E-state index is 11.1. The van der Waals surface area contributed by atoms with Crippen LogP contribution < -0.4 is 5.32 Å². The van der Waals surface area contributed by atoms with E-state index in [9.17, 15) is 18.0 Å². The Balaban J connectivity index is 3.60. The van der Waals surface area contributed by atoms with Gasteiger partial charge >= 0.3 is 6.30 Å². The van der Waals surface area contributed by atoms with Gasteiger partial charge in [-0.05, 0) is 0 Å². The fourth-order valence-corrected chi connectivity index (χ4v) is 0.437. The number of alkyl halides is 3. The first kappa shape index (κ1) is 8.96. The molecule has 0 saturated carbocycles. The minimum atomic E-state index is -4.65. The molecule has 0 aromatic rings. The maximum Gasteiger partial charge on any atom is 0.485 e. The quantitative estimate of drug-likeness (QED) is 0.335. The highest BCUT2D eigenvalue weighted by Gasteiger charge is 2.29. The molecule has 0 saturated heterocycles. The second-order valence-electron chi connectivity index (χ2n) is 1.00. The summed E-state index contributed by atoms with van der Waals surface area (Å²) in [4.78, 5) is 9.88. The summed E-state index contributed by atoms with van der Waals surface area (Å²) in [5.74, 6) is 0. The van der Waals surface area contributed by atoms with Crippen LogP contribution in [0.4, 0.5) is 18.0 Å². The first-order valence-electron chi connectivity index (χ1n) is 1.66. The molecule has 0 fully saturated rings. The summed E-state index contributed by atoms with van der Waals surface area (Å²) in [5.41, 5.74) is 0. The van der Waals surface area contributed by atoms with Crippen molar-refractivity contribution in [2.75, 3.05) is 0 Å². The number of carbonyl (C=O) groups excluding carboxylic acids is 1. The van der Waals surface area contributed by atoms with Crippen molar-refractivity contribution in [3.05, 3.63) is 0 Å². The first-order chi connectivity index (χ1) is 3.95. The van der Waals surface area contributed by atoms with Gasteiger partial charge in [0.15, 0.2) is 0 Å². The van der Waals surface area contributed by atoms with E-state index in [2.05, 4.69) is 11.7 Å². The van der Waals surface area contributed by atoms with Crippen molar-refractivity contribution < 1.29 is 18.0 Å². The zero-order valence-corrected chi connectivity index (χ0v) is 5.61. The molecule has 0 unspecified atom stereocenters. The first-order valence-corrected chi connectivity index (χ1v) is 3.53. The molecule has 0 heterocycles. The summed E-state index contributed by atoms with van der Waals surface area (Å²) in [5, 5.41) is -0.514. The lowest BCUT2D eigenvalue weighted by Gasteiger charge is -2.04. The molecule has 0 rings (SSSR count). The van der Waals surface area contributed by atoms with Gasteiger partial charge in [-0.25, -0.2) is 0 Å². The van der Waals surface area contributed by atoms with E-state index in [1.807, 2.05) is 0 Å². The molecule has 0 aliphatic heterocycles. The van der Waals surface area contributed by atoms with Crippen molar-refractivity contribution in [3.8, 4) is 0 Å². The van der Waals surface area contributed by atoms with E-state index >= 15 is 0 Å². The van der Waals surface area contributed by atoms with Crippen LogP contribution in [0.3, 0.4) is 0 Å². The Hall–Kier alpha value is -0.0400. The molecule has 1 amide bonds. The Kier molecular flexibility index (Phi) is 3.20. The molecular formula is C2H2F3NOS2. The summed E-state index contributed by atoms with van der Waals surface area (Å²) in [6.07, 6.45) is -4.65. The van der Waals surface area contributed by atoms with Gasteiger partial charge < -0.3 is 0 Å². The number of amides is 1. The molecule has 0 spiro atoms. The van der Waals surface area contributed by atoms with Gasteiger partial charge in [-0.15, -0.1) is 11.7 Å². The molecule has 0 atom stereocenters. The molecule has 0 aromatic carbocycles. The molecular weight excluding hydrogens is 175 g/mol. The predicted molar refractivity (Wildman–Crippen MR) is 31.2 cm³/mol. The lowest BCUT2D eigenvalue weighted by Crippen LogP contribution is -2.33. The number of hydrogen-bond donors (Lipinski definition) is 2. The molecule has 7 heteroatoms. The van der Waals surface area contributed by atoms with Gasteiger partial charge in [-0.2, -0.15) is 13.2 Å². The number of nitrogens with one attached hydrogen (secondary N) is 1. The highest BCUT2D eigenvalue weighted by atomic mass is 33.1. The average Bonchev–Trinajstić information content (AvgIpc) is 1.62. The fraction of sp³-hybridized carbons (Fsp3) is 0.500. The molecule has 0 aliphatic carbocycles. The van der Waals surface area contributed by atoms with Gasteiger partial charge in [-0.3, -0.25) is 10.1 Å². The van der Waals surface area contributed by atoms with Gasteiger partial charge in [0.2, 0.25) is 0 Å². The summed E-state index contributed by atoms with van der Waals surface area (Å²) in [6.45, 7) is 0. The van der Waals surface area contributed by atoms with Crippen molar-refractivity contribution in [1.82, 2.24) is 5.32 Å². The van der Waals surface area contributed by atoms with Crippen LogP contribution in [-0.4, -0.2) is 11.5 Å². The third-order valence-corrected chi connectivity index (χ3v) is 1.09. The highest BCUT2D eigenvalue weighted by Crippen LogP contribution is 2.14. The van der Waals surface area contributed by atoms with Gasteiger partial charge in [0.1, 0.15) is 0 Å². The van der Waals surface area contributed by atoms with E-state index in [1.54, 1.807) is 0 Å². The predicted octanol–water partition coefficient (Wildman–Crippen LogP) is 1.79. The second-order valence-corrected chi connectivity index (χ2v) is 2.10. The Morgan fingerprint density at radius 1 is 1.56 bits per heavy atom. The molecule has 0 aromatic heterocycles. The molecule has 1 N–H and O–H groups in total. The normalized spacial score (nSPS) is 11.1. The van der Waals surface area contributed by atoms with Crippen LogP contribution in [0.1, 0.15) is 0 Å². The number of halogens is 3. The standard InChI is InChI=1S/C2H2F3NOS2/c3-2(4,5)6-1(7)9-8/h8H,(H,6,7). The largest absolute Gasteiger partial charge is 0.485 e. The Bertz CT molecular complexity index is 113. The van der Waals surface area contributed by atoms with Crippen molar-refractivity contribution in [1.29, 1.82) is 0 Å². The Labute approximate surface area is 58.0 Å². The van der Waals surface area contributed by atoms with Crippen LogP contribution in [0.5, 0.6) is 0 Å². The van der Waals surface area contributed by atoms with Crippen LogP contribution in [0, 0.1) is 0 Å². The SMILES string of the molecule is O=C(NC(F)(F)F)SS. The van der Waals surface area contributed by atoms with E-state index in [-0.39, 0.29) is 10.8 Å². The van der Waals surface area contributed by atoms with E-state index in [0.29, 0.717) is 5.32 Å². The van der Waals surface area contributed by atoms with Crippen LogP contribution in [0.15, 0.2) is 0 Å². The Morgan fingerprint density at radius 3 is 2.11 bits per heavy atom. The summed E-state index contributed by atoms with van der Waals surface area (Å²) in [7, 11) is 0.176. The topological polar surface area (TPSA) is 29.1 Å². The number of hydrogen-bond acceptors (Lipinski definition) is 3. The summed E-state index contributed by atoms with van der Waals surface area (Å²) >= 11 is 3.23. The summed E-state index contributed by atoms with van der Waals surface area (Å²) in [6, 6.07) is 0. The van der Waals surface area contributed by atoms with Gasteiger partial charge in [0, 0.05) is 10.8 Å². The van der Waals surface area contributed by atoms with E-state index < -0.39 is 11.5 Å². The van der Waals surface area contributed by atoms with Crippen molar-refractivity contribution >= 4 is 27.7 Å². The van der Waals surface area contributed by atoms with Gasteiger partial charge in [-0.1, -0.05) is 0 Å². The Morgan fingerprint density at radius 2 is 2.00 bits per heavy atom. The van der Waals surface area contributed by atoms with Crippen LogP contribution in [-0.2, 0) is 0 Å². The van der Waals surface area contributed by atoms with Gasteiger partial charge in [0.05, 0.1) is 0 Å². The second kappa shape index (κ2) is 3.21. The van der Waals surface area contributed by atoms with Crippen molar-refractivity contribution in [2.45, 2.75) is 6.30 Å². The van der Waals surface area contributed by atoms with Crippen molar-refractivity contribution in [3.63, 3.8) is 0 Å². The van der Waals surface area contributed by atoms with E-state index in [0.717, 1.165) is 0 Å². The molecule has 2 nitrogen and oxygen atoms in total. The maximum atomic E-state index is 11.1. The monoisotopic (exact) mass is 177 g/mol. The minimum Gasteiger partial charge on any atom is -0.261 e. The molecule has 0 aliphatic rings. The molecule has 0 bridgehead atoms. The zero-order chi connectivity index (χ0) is 7.49. The van der Waals surface area contributed by atoms with Crippen LogP contribution in [0.25, 0.3) is 0 Å². The van der Waals surface area contributed by atoms with E-state index in [4.69, 9.17) is 0 Å². The number of carbonyl (C=O) groups is 1. The lowest BCUT2D eigenvalue weighted by atomic mass is 11.1. The smallest absolute Gasteiger partial charge is 0.261 e. The van der Waals surface area contributed by atoms with Crippen molar-refractivity contribution in [2.24, 2.45) is 0 Å². The minimum absolute atomic E-state index is 0.176. The molecule has 0 radical (unpaired) electrons. The lowest BCUT2D eigenvalue weighted by molar-refractivity contribution is -0.143. The van der Waals surface area contributed by atoms with E-state index in [1.165, 1.54) is 0 Å². The third-order valence-electron chi connectivity index (χ3n) is 0.327. The van der Waals surface area contributed by atoms with Gasteiger partial charge in [0.25, 0.3) is 5.24 Å². The van der Waals surface area contributed by atoms with Crippen LogP contribution in [0.2, 0.25) is 0 Å². The zero-order valence-electron chi connectivity index (χ0n) is 3.90. The number of thiol groups is 1. The average molecular weight is 177 g/mol. The van der Waals surface area contributed by atoms with Crippen LogP contribution >= 0.6 is 22.5 Å². The number of rotatable bonds is 0. The molecule has 9 heavy (non-hydrogen) atoms.